The van der Waals surface area contributed by atoms with Gasteiger partial charge in [0.25, 0.3) is 0 Å². The number of phenols is 1. The van der Waals surface area contributed by atoms with Crippen LogP contribution < -0.4 is 5.73 Å². The maximum Gasteiger partial charge on any atom is 0.200 e. The van der Waals surface area contributed by atoms with Crippen LogP contribution >= 0.6 is 0 Å². The molecule has 7 nitrogen and oxygen atoms in total. The summed E-state index contributed by atoms with van der Waals surface area (Å²) in [5.74, 6) is 0.829. The van der Waals surface area contributed by atoms with E-state index in [0.29, 0.717) is 17.2 Å². The van der Waals surface area contributed by atoms with Crippen molar-refractivity contribution in [3.8, 4) is 28.4 Å². The zero-order chi connectivity index (χ0) is 17.7. The summed E-state index contributed by atoms with van der Waals surface area (Å²) in [4.78, 5) is 4.54. The number of rotatable bonds is 2. The Bertz CT molecular complexity index is 1110. The summed E-state index contributed by atoms with van der Waals surface area (Å²) < 4.78 is 3.43. The number of nitrogen functional groups attached to an aromatic ring is 1. The van der Waals surface area contributed by atoms with Crippen LogP contribution in [0.5, 0.6) is 5.75 Å². The Kier molecular flexibility index (Phi) is 3.24. The lowest BCUT2D eigenvalue weighted by molar-refractivity contribution is 0.471. The van der Waals surface area contributed by atoms with E-state index >= 15 is 0 Å². The summed E-state index contributed by atoms with van der Waals surface area (Å²) in [6.45, 7) is 3.87. The fourth-order valence-electron chi connectivity index (χ4n) is 3.10. The minimum absolute atomic E-state index is 0.245. The van der Waals surface area contributed by atoms with Gasteiger partial charge in [-0.05, 0) is 42.7 Å². The second-order valence-corrected chi connectivity index (χ2v) is 6.12. The molecule has 0 saturated carbocycles. The van der Waals surface area contributed by atoms with Gasteiger partial charge in [-0.15, -0.1) is 5.10 Å². The highest BCUT2D eigenvalue weighted by Gasteiger charge is 2.16. The molecule has 3 aromatic heterocycles. The van der Waals surface area contributed by atoms with Gasteiger partial charge in [0.2, 0.25) is 0 Å². The Morgan fingerprint density at radius 2 is 1.96 bits per heavy atom. The average Bonchev–Trinajstić information content (AvgIpc) is 3.17. The van der Waals surface area contributed by atoms with Crippen molar-refractivity contribution in [2.24, 2.45) is 7.05 Å². The minimum Gasteiger partial charge on any atom is -0.508 e. The number of benzene rings is 1. The molecule has 7 heteroatoms. The summed E-state index contributed by atoms with van der Waals surface area (Å²) >= 11 is 0. The Hall–Kier alpha value is -3.35. The van der Waals surface area contributed by atoms with Gasteiger partial charge < -0.3 is 10.8 Å². The van der Waals surface area contributed by atoms with E-state index in [-0.39, 0.29) is 5.75 Å². The van der Waals surface area contributed by atoms with Gasteiger partial charge in [-0.3, -0.25) is 4.68 Å². The molecule has 0 atom stereocenters. The van der Waals surface area contributed by atoms with Gasteiger partial charge in [-0.2, -0.15) is 5.10 Å². The first kappa shape index (κ1) is 15.2. The summed E-state index contributed by atoms with van der Waals surface area (Å²) in [7, 11) is 1.85. The lowest BCUT2D eigenvalue weighted by atomic mass is 9.95. The molecule has 1 aromatic carbocycles. The zero-order valence-corrected chi connectivity index (χ0v) is 14.2. The first-order valence-corrected chi connectivity index (χ1v) is 7.89. The largest absolute Gasteiger partial charge is 0.508 e. The van der Waals surface area contributed by atoms with Crippen molar-refractivity contribution in [1.29, 1.82) is 0 Å². The van der Waals surface area contributed by atoms with E-state index in [9.17, 15) is 5.11 Å². The monoisotopic (exact) mass is 334 g/mol. The van der Waals surface area contributed by atoms with Crippen LogP contribution in [0.2, 0.25) is 0 Å². The Morgan fingerprint density at radius 1 is 1.16 bits per heavy atom. The number of aromatic nitrogens is 5. The van der Waals surface area contributed by atoms with Gasteiger partial charge in [-0.25, -0.2) is 9.50 Å². The molecule has 0 aliphatic rings. The number of fused-ring (bicyclic) bond motifs is 1. The third-order valence-corrected chi connectivity index (χ3v) is 4.47. The lowest BCUT2D eigenvalue weighted by Gasteiger charge is -2.13. The Labute approximate surface area is 144 Å². The van der Waals surface area contributed by atoms with Crippen LogP contribution in [0.1, 0.15) is 11.1 Å². The van der Waals surface area contributed by atoms with Crippen molar-refractivity contribution in [1.82, 2.24) is 24.4 Å². The van der Waals surface area contributed by atoms with Gasteiger partial charge in [0, 0.05) is 36.8 Å². The molecule has 4 aromatic rings. The highest BCUT2D eigenvalue weighted by molar-refractivity contribution is 5.83. The van der Waals surface area contributed by atoms with Crippen LogP contribution in [0, 0.1) is 13.8 Å². The number of nitrogens with two attached hydrogens (primary N) is 1. The minimum atomic E-state index is 0.245. The molecule has 0 bridgehead atoms. The van der Waals surface area contributed by atoms with Crippen LogP contribution in [-0.2, 0) is 7.05 Å². The van der Waals surface area contributed by atoms with E-state index in [1.165, 1.54) is 0 Å². The molecule has 126 valence electrons. The quantitative estimate of drug-likeness (QED) is 0.588. The number of aromatic hydroxyl groups is 1. The molecule has 0 fully saturated rings. The van der Waals surface area contributed by atoms with Gasteiger partial charge in [-0.1, -0.05) is 6.07 Å². The van der Waals surface area contributed by atoms with Crippen molar-refractivity contribution in [3.05, 3.63) is 47.8 Å². The number of pyridine rings is 1. The Balaban J connectivity index is 1.94. The molecule has 0 spiro atoms. The van der Waals surface area contributed by atoms with Gasteiger partial charge >= 0.3 is 0 Å². The van der Waals surface area contributed by atoms with Crippen molar-refractivity contribution >= 4 is 11.3 Å². The van der Waals surface area contributed by atoms with Gasteiger partial charge in [0.1, 0.15) is 11.4 Å². The van der Waals surface area contributed by atoms with Crippen LogP contribution in [-0.4, -0.2) is 29.5 Å². The van der Waals surface area contributed by atoms with Crippen LogP contribution in [0.15, 0.2) is 36.7 Å². The number of nitrogens with zero attached hydrogens (tertiary/aromatic N) is 5. The highest BCUT2D eigenvalue weighted by atomic mass is 16.3. The fourth-order valence-corrected chi connectivity index (χ4v) is 3.10. The van der Waals surface area contributed by atoms with E-state index < -0.39 is 0 Å². The fraction of sp³-hybridized carbons (Fsp3) is 0.167. The lowest BCUT2D eigenvalue weighted by Crippen LogP contribution is -1.99. The standard InChI is InChI=1S/C18H18N6O/c1-10-4-5-15(25)11(2)17(10)12-9-24-16(8-13(12)19)21-18(22-24)14-6-7-20-23(14)3/h4-9,25H,19H2,1-3H3. The molecule has 0 amide bonds. The van der Waals surface area contributed by atoms with E-state index in [2.05, 4.69) is 15.2 Å². The summed E-state index contributed by atoms with van der Waals surface area (Å²) in [5.41, 5.74) is 11.9. The molecule has 4 rings (SSSR count). The zero-order valence-electron chi connectivity index (χ0n) is 14.2. The maximum atomic E-state index is 10.1. The van der Waals surface area contributed by atoms with E-state index in [4.69, 9.17) is 5.73 Å². The first-order chi connectivity index (χ1) is 12.0. The molecule has 0 aliphatic heterocycles. The topological polar surface area (TPSA) is 94.3 Å². The van der Waals surface area contributed by atoms with Gasteiger partial charge in [0.15, 0.2) is 11.5 Å². The molecular weight excluding hydrogens is 316 g/mol. The number of phenolic OH excluding ortho intramolecular Hbond substituents is 1. The van der Waals surface area contributed by atoms with Crippen LogP contribution in [0.25, 0.3) is 28.3 Å². The normalized spacial score (nSPS) is 11.3. The van der Waals surface area contributed by atoms with E-state index in [1.807, 2.05) is 39.2 Å². The van der Waals surface area contributed by atoms with Gasteiger partial charge in [0.05, 0.1) is 0 Å². The van der Waals surface area contributed by atoms with E-state index in [0.717, 1.165) is 27.9 Å². The smallest absolute Gasteiger partial charge is 0.200 e. The molecule has 0 radical (unpaired) electrons. The van der Waals surface area contributed by atoms with Crippen LogP contribution in [0.3, 0.4) is 0 Å². The second kappa shape index (κ2) is 5.34. The van der Waals surface area contributed by atoms with Crippen molar-refractivity contribution < 1.29 is 5.11 Å². The predicted octanol–water partition coefficient (Wildman–Crippen LogP) is 2.70. The van der Waals surface area contributed by atoms with Crippen molar-refractivity contribution in [2.75, 3.05) is 5.73 Å². The summed E-state index contributed by atoms with van der Waals surface area (Å²) in [6.07, 6.45) is 3.56. The molecule has 0 unspecified atom stereocenters. The average molecular weight is 334 g/mol. The Morgan fingerprint density at radius 3 is 2.68 bits per heavy atom. The third-order valence-electron chi connectivity index (χ3n) is 4.47. The molecule has 0 saturated heterocycles. The maximum absolute atomic E-state index is 10.1. The van der Waals surface area contributed by atoms with Crippen molar-refractivity contribution in [2.45, 2.75) is 13.8 Å². The van der Waals surface area contributed by atoms with Crippen molar-refractivity contribution in [3.63, 3.8) is 0 Å². The summed E-state index contributed by atoms with van der Waals surface area (Å²) in [5, 5.41) is 18.8. The molecule has 3 N–H and O–H groups in total. The highest BCUT2D eigenvalue weighted by Crippen LogP contribution is 2.36. The SMILES string of the molecule is Cc1ccc(O)c(C)c1-c1cn2nc(-c3ccnn3C)nc2cc1N. The molecule has 3 heterocycles. The number of hydrogen-bond donors (Lipinski definition) is 2. The third kappa shape index (κ3) is 2.32. The number of aryl methyl sites for hydroxylation is 2. The first-order valence-electron chi connectivity index (χ1n) is 7.89. The van der Waals surface area contributed by atoms with Crippen LogP contribution in [0.4, 0.5) is 5.69 Å². The number of anilines is 1. The molecule has 0 aliphatic carbocycles. The number of hydrogen-bond acceptors (Lipinski definition) is 5. The molecule has 25 heavy (non-hydrogen) atoms. The second-order valence-electron chi connectivity index (χ2n) is 6.12. The van der Waals surface area contributed by atoms with E-state index in [1.54, 1.807) is 27.5 Å². The molecular formula is C18H18N6O. The summed E-state index contributed by atoms with van der Waals surface area (Å²) in [6, 6.07) is 7.23. The predicted molar refractivity (Wildman–Crippen MR) is 96.2 cm³/mol.